The summed E-state index contributed by atoms with van der Waals surface area (Å²) in [7, 11) is 1.54. The van der Waals surface area contributed by atoms with Crippen LogP contribution in [0.15, 0.2) is 29.2 Å². The van der Waals surface area contributed by atoms with Crippen molar-refractivity contribution in [2.45, 2.75) is 52.2 Å². The lowest BCUT2D eigenvalue weighted by Gasteiger charge is -2.34. The number of nitrogens with zero attached hydrogens (tertiary/aromatic N) is 5. The SMILES string of the molecule is COc1ccc(-c2cc3c(C)nc(N)nc3n(C3CCN(C(=O)OC(C)(C)C)CC3)c2=O)cn1. The van der Waals surface area contributed by atoms with Gasteiger partial charge in [-0.25, -0.2) is 14.8 Å². The number of carbonyl (C=O) groups excluding carboxylic acids is 1. The monoisotopic (exact) mass is 466 g/mol. The summed E-state index contributed by atoms with van der Waals surface area (Å²) in [6.07, 6.45) is 2.44. The fourth-order valence-corrected chi connectivity index (χ4v) is 4.21. The molecule has 0 aromatic carbocycles. The Balaban J connectivity index is 1.75. The molecule has 0 bridgehead atoms. The van der Waals surface area contributed by atoms with Gasteiger partial charge in [-0.2, -0.15) is 4.98 Å². The van der Waals surface area contributed by atoms with E-state index in [9.17, 15) is 9.59 Å². The van der Waals surface area contributed by atoms with E-state index >= 15 is 0 Å². The van der Waals surface area contributed by atoms with Crippen LogP contribution in [0, 0.1) is 6.92 Å². The molecule has 4 heterocycles. The number of ether oxygens (including phenoxy) is 2. The number of nitrogen functional groups attached to an aromatic ring is 1. The molecule has 4 rings (SSSR count). The summed E-state index contributed by atoms with van der Waals surface area (Å²) >= 11 is 0. The molecule has 10 nitrogen and oxygen atoms in total. The zero-order valence-corrected chi connectivity index (χ0v) is 20.2. The molecule has 180 valence electrons. The number of anilines is 1. The van der Waals surface area contributed by atoms with Crippen molar-refractivity contribution >= 4 is 23.1 Å². The summed E-state index contributed by atoms with van der Waals surface area (Å²) in [4.78, 5) is 40.9. The zero-order chi connectivity index (χ0) is 24.6. The van der Waals surface area contributed by atoms with E-state index < -0.39 is 5.60 Å². The first kappa shape index (κ1) is 23.5. The van der Waals surface area contributed by atoms with Gasteiger partial charge in [0, 0.05) is 47.9 Å². The number of aromatic nitrogens is 4. The Hall–Kier alpha value is -3.69. The van der Waals surface area contributed by atoms with Crippen molar-refractivity contribution < 1.29 is 14.3 Å². The van der Waals surface area contributed by atoms with Gasteiger partial charge in [0.25, 0.3) is 5.56 Å². The van der Waals surface area contributed by atoms with Crippen LogP contribution in [0.4, 0.5) is 10.7 Å². The van der Waals surface area contributed by atoms with Crippen LogP contribution in [0.2, 0.25) is 0 Å². The molecule has 1 saturated heterocycles. The predicted molar refractivity (Wildman–Crippen MR) is 129 cm³/mol. The lowest BCUT2D eigenvalue weighted by molar-refractivity contribution is 0.0189. The summed E-state index contributed by atoms with van der Waals surface area (Å²) in [5.41, 5.74) is 7.54. The van der Waals surface area contributed by atoms with Crippen molar-refractivity contribution in [1.29, 1.82) is 0 Å². The number of hydrogen-bond acceptors (Lipinski definition) is 8. The van der Waals surface area contributed by atoms with Crippen LogP contribution >= 0.6 is 0 Å². The van der Waals surface area contributed by atoms with Gasteiger partial charge >= 0.3 is 6.09 Å². The summed E-state index contributed by atoms with van der Waals surface area (Å²) in [5, 5.41) is 0.745. The van der Waals surface area contributed by atoms with Crippen molar-refractivity contribution in [3.63, 3.8) is 0 Å². The molecular formula is C24H30N6O4. The number of nitrogens with two attached hydrogens (primary N) is 1. The Labute approximate surface area is 197 Å². The molecule has 1 aliphatic heterocycles. The Kier molecular flexibility index (Phi) is 6.16. The molecule has 3 aromatic rings. The largest absolute Gasteiger partial charge is 0.481 e. The Morgan fingerprint density at radius 3 is 2.47 bits per heavy atom. The maximum Gasteiger partial charge on any atom is 0.410 e. The first-order chi connectivity index (χ1) is 16.1. The van der Waals surface area contributed by atoms with Crippen molar-refractivity contribution in [2.75, 3.05) is 25.9 Å². The second kappa shape index (κ2) is 8.92. The fourth-order valence-electron chi connectivity index (χ4n) is 4.21. The highest BCUT2D eigenvalue weighted by molar-refractivity contribution is 5.84. The molecule has 0 radical (unpaired) electrons. The topological polar surface area (TPSA) is 125 Å². The molecule has 3 aromatic heterocycles. The molecule has 34 heavy (non-hydrogen) atoms. The number of fused-ring (bicyclic) bond motifs is 1. The quantitative estimate of drug-likeness (QED) is 0.623. The van der Waals surface area contributed by atoms with E-state index in [0.29, 0.717) is 54.3 Å². The van der Waals surface area contributed by atoms with E-state index in [1.54, 1.807) is 41.0 Å². The van der Waals surface area contributed by atoms with Gasteiger partial charge in [0.1, 0.15) is 11.2 Å². The number of carbonyl (C=O) groups is 1. The first-order valence-corrected chi connectivity index (χ1v) is 11.2. The minimum Gasteiger partial charge on any atom is -0.481 e. The van der Waals surface area contributed by atoms with Crippen LogP contribution < -0.4 is 16.0 Å². The van der Waals surface area contributed by atoms with Crippen molar-refractivity contribution in [3.05, 3.63) is 40.4 Å². The third kappa shape index (κ3) is 4.66. The van der Waals surface area contributed by atoms with Gasteiger partial charge in [0.05, 0.1) is 12.8 Å². The Morgan fingerprint density at radius 2 is 1.88 bits per heavy atom. The molecule has 0 aliphatic carbocycles. The molecule has 0 unspecified atom stereocenters. The van der Waals surface area contributed by atoms with Crippen molar-refractivity contribution in [2.24, 2.45) is 0 Å². The summed E-state index contributed by atoms with van der Waals surface area (Å²) in [5.74, 6) is 0.579. The lowest BCUT2D eigenvalue weighted by atomic mass is 10.0. The molecule has 0 atom stereocenters. The fraction of sp³-hybridized carbons (Fsp3) is 0.458. The second-order valence-corrected chi connectivity index (χ2v) is 9.43. The molecular weight excluding hydrogens is 436 g/mol. The minimum atomic E-state index is -0.562. The molecule has 1 fully saturated rings. The number of piperidine rings is 1. The van der Waals surface area contributed by atoms with E-state index in [0.717, 1.165) is 5.39 Å². The number of pyridine rings is 2. The average molecular weight is 467 g/mol. The highest BCUT2D eigenvalue weighted by Gasteiger charge is 2.29. The maximum atomic E-state index is 13.8. The first-order valence-electron chi connectivity index (χ1n) is 11.2. The van der Waals surface area contributed by atoms with Crippen LogP contribution in [0.1, 0.15) is 45.3 Å². The lowest BCUT2D eigenvalue weighted by Crippen LogP contribution is -2.43. The van der Waals surface area contributed by atoms with Crippen LogP contribution in [0.25, 0.3) is 22.2 Å². The van der Waals surface area contributed by atoms with E-state index in [1.165, 1.54) is 0 Å². The van der Waals surface area contributed by atoms with E-state index in [2.05, 4.69) is 15.0 Å². The molecule has 0 saturated carbocycles. The third-order valence-corrected chi connectivity index (χ3v) is 5.84. The van der Waals surface area contributed by atoms with Gasteiger partial charge in [-0.3, -0.25) is 9.36 Å². The highest BCUT2D eigenvalue weighted by Crippen LogP contribution is 2.29. The molecule has 1 aliphatic rings. The number of hydrogen-bond donors (Lipinski definition) is 1. The second-order valence-electron chi connectivity index (χ2n) is 9.43. The Bertz CT molecular complexity index is 1270. The number of aryl methyl sites for hydroxylation is 1. The molecule has 1 amide bonds. The smallest absolute Gasteiger partial charge is 0.410 e. The Morgan fingerprint density at radius 1 is 1.18 bits per heavy atom. The maximum absolute atomic E-state index is 13.8. The van der Waals surface area contributed by atoms with E-state index in [4.69, 9.17) is 15.2 Å². The number of methoxy groups -OCH3 is 1. The van der Waals surface area contributed by atoms with Crippen LogP contribution in [0.5, 0.6) is 5.88 Å². The van der Waals surface area contributed by atoms with E-state index in [1.807, 2.05) is 27.7 Å². The number of likely N-dealkylation sites (tertiary alicyclic amines) is 1. The molecule has 10 heteroatoms. The average Bonchev–Trinajstić information content (AvgIpc) is 2.78. The summed E-state index contributed by atoms with van der Waals surface area (Å²) in [6.45, 7) is 8.32. The standard InChI is InChI=1S/C24H30N6O4/c1-14-17-12-18(15-6-7-19(33-5)26-13-15)21(31)30(20(17)28-22(25)27-14)16-8-10-29(11-9-16)23(32)34-24(2,3)4/h6-7,12-13,16H,8-11H2,1-5H3,(H2,25,27,28). The van der Waals surface area contributed by atoms with E-state index in [-0.39, 0.29) is 23.6 Å². The van der Waals surface area contributed by atoms with Gasteiger partial charge in [-0.05, 0) is 52.7 Å². The van der Waals surface area contributed by atoms with Crippen molar-refractivity contribution in [3.8, 4) is 17.0 Å². The predicted octanol–water partition coefficient (Wildman–Crippen LogP) is 3.32. The summed E-state index contributed by atoms with van der Waals surface area (Å²) < 4.78 is 12.3. The van der Waals surface area contributed by atoms with Crippen LogP contribution in [-0.2, 0) is 4.74 Å². The third-order valence-electron chi connectivity index (χ3n) is 5.84. The molecule has 0 spiro atoms. The van der Waals surface area contributed by atoms with Crippen LogP contribution in [-0.4, -0.2) is 56.3 Å². The summed E-state index contributed by atoms with van der Waals surface area (Å²) in [6, 6.07) is 5.16. The minimum absolute atomic E-state index is 0.114. The highest BCUT2D eigenvalue weighted by atomic mass is 16.6. The van der Waals surface area contributed by atoms with Gasteiger partial charge < -0.3 is 20.1 Å². The van der Waals surface area contributed by atoms with Crippen LogP contribution in [0.3, 0.4) is 0 Å². The number of amides is 1. The molecule has 2 N–H and O–H groups in total. The normalized spacial score (nSPS) is 14.9. The van der Waals surface area contributed by atoms with Crippen molar-refractivity contribution in [1.82, 2.24) is 24.4 Å². The van der Waals surface area contributed by atoms with Gasteiger partial charge in [-0.15, -0.1) is 0 Å². The van der Waals surface area contributed by atoms with Gasteiger partial charge in [0.15, 0.2) is 0 Å². The van der Waals surface area contributed by atoms with Gasteiger partial charge in [0.2, 0.25) is 11.8 Å². The van der Waals surface area contributed by atoms with Gasteiger partial charge in [-0.1, -0.05) is 0 Å². The zero-order valence-electron chi connectivity index (χ0n) is 20.2. The number of rotatable bonds is 3.